The summed E-state index contributed by atoms with van der Waals surface area (Å²) >= 11 is 0. The van der Waals surface area contributed by atoms with Crippen molar-refractivity contribution < 1.29 is 18.3 Å². The first kappa shape index (κ1) is 24.6. The third-order valence-corrected chi connectivity index (χ3v) is 10.9. The molecule has 0 radical (unpaired) electrons. The van der Waals surface area contributed by atoms with Gasteiger partial charge in [-0.15, -0.1) is 0 Å². The fraction of sp³-hybridized carbons (Fsp3) is 0.929. The van der Waals surface area contributed by atoms with Crippen molar-refractivity contribution in [2.45, 2.75) is 117 Å². The highest BCUT2D eigenvalue weighted by Crippen LogP contribution is 2.68. The van der Waals surface area contributed by atoms with Crippen molar-refractivity contribution in [2.75, 3.05) is 0 Å². The average molecular weight is 455 g/mol. The van der Waals surface area contributed by atoms with Crippen LogP contribution in [-0.2, 0) is 0 Å². The van der Waals surface area contributed by atoms with Crippen LogP contribution >= 0.6 is 0 Å². The smallest absolute Gasteiger partial charge is 0.380 e. The van der Waals surface area contributed by atoms with Crippen LogP contribution in [0.2, 0.25) is 0 Å². The molecule has 184 valence electrons. The van der Waals surface area contributed by atoms with Crippen molar-refractivity contribution in [3.05, 3.63) is 11.6 Å². The molecule has 0 amide bonds. The normalized spacial score (nSPS) is 45.1. The van der Waals surface area contributed by atoms with E-state index >= 15 is 0 Å². The molecule has 4 rings (SSSR count). The molecule has 3 fully saturated rings. The number of halogens is 3. The quantitative estimate of drug-likeness (QED) is 0.414. The van der Waals surface area contributed by atoms with Gasteiger partial charge in [0, 0.05) is 6.42 Å². The first-order chi connectivity index (χ1) is 14.8. The van der Waals surface area contributed by atoms with Gasteiger partial charge >= 0.3 is 6.18 Å². The first-order valence-electron chi connectivity index (χ1n) is 13.3. The van der Waals surface area contributed by atoms with E-state index in [9.17, 15) is 18.3 Å². The van der Waals surface area contributed by atoms with Gasteiger partial charge < -0.3 is 5.11 Å². The van der Waals surface area contributed by atoms with Crippen molar-refractivity contribution in [3.8, 4) is 0 Å². The predicted octanol–water partition coefficient (Wildman–Crippen LogP) is 8.32. The largest absolute Gasteiger partial charge is 0.417 e. The van der Waals surface area contributed by atoms with Crippen LogP contribution in [0.1, 0.15) is 105 Å². The summed E-state index contributed by atoms with van der Waals surface area (Å²) in [6, 6.07) is 0. The van der Waals surface area contributed by atoms with E-state index in [-0.39, 0.29) is 18.3 Å². The van der Waals surface area contributed by atoms with Crippen LogP contribution < -0.4 is 0 Å². The maximum atomic E-state index is 13.5. The van der Waals surface area contributed by atoms with Crippen molar-refractivity contribution in [2.24, 2.45) is 46.3 Å². The summed E-state index contributed by atoms with van der Waals surface area (Å²) in [6.07, 6.45) is 7.57. The molecule has 0 saturated heterocycles. The zero-order valence-electron chi connectivity index (χ0n) is 20.9. The molecule has 32 heavy (non-hydrogen) atoms. The number of hydrogen-bond donors (Lipinski definition) is 1. The van der Waals surface area contributed by atoms with E-state index in [1.807, 2.05) is 0 Å². The number of aliphatic hydroxyl groups is 1. The van der Waals surface area contributed by atoms with E-state index in [4.69, 9.17) is 0 Å². The van der Waals surface area contributed by atoms with E-state index in [2.05, 4.69) is 40.7 Å². The Kier molecular flexibility index (Phi) is 6.39. The van der Waals surface area contributed by atoms with Gasteiger partial charge in [-0.1, -0.05) is 65.5 Å². The van der Waals surface area contributed by atoms with Gasteiger partial charge in [0.1, 0.15) is 0 Å². The summed E-state index contributed by atoms with van der Waals surface area (Å²) < 4.78 is 40.6. The molecule has 4 heteroatoms. The zero-order chi connectivity index (χ0) is 23.5. The Labute approximate surface area is 193 Å². The third kappa shape index (κ3) is 3.89. The van der Waals surface area contributed by atoms with E-state index in [1.54, 1.807) is 0 Å². The lowest BCUT2D eigenvalue weighted by molar-refractivity contribution is -0.271. The van der Waals surface area contributed by atoms with Crippen LogP contribution in [0, 0.1) is 46.3 Å². The van der Waals surface area contributed by atoms with E-state index in [1.165, 1.54) is 38.5 Å². The van der Waals surface area contributed by atoms with Gasteiger partial charge in [0.25, 0.3) is 0 Å². The van der Waals surface area contributed by atoms with Crippen molar-refractivity contribution >= 4 is 0 Å². The molecule has 0 aromatic rings. The number of alkyl halides is 3. The van der Waals surface area contributed by atoms with Crippen LogP contribution in [0.5, 0.6) is 0 Å². The summed E-state index contributed by atoms with van der Waals surface area (Å²) in [5.41, 5.74) is -1.41. The Morgan fingerprint density at radius 1 is 1.00 bits per heavy atom. The van der Waals surface area contributed by atoms with E-state index < -0.39 is 11.8 Å². The minimum absolute atomic E-state index is 0.148. The van der Waals surface area contributed by atoms with Crippen molar-refractivity contribution in [1.82, 2.24) is 0 Å². The molecule has 4 aliphatic carbocycles. The maximum absolute atomic E-state index is 13.5. The Balaban J connectivity index is 1.51. The Morgan fingerprint density at radius 3 is 2.38 bits per heavy atom. The summed E-state index contributed by atoms with van der Waals surface area (Å²) in [4.78, 5) is 0. The van der Waals surface area contributed by atoms with Gasteiger partial charge in [-0.3, -0.25) is 0 Å². The van der Waals surface area contributed by atoms with Crippen molar-refractivity contribution in [1.29, 1.82) is 0 Å². The van der Waals surface area contributed by atoms with Crippen LogP contribution in [0.4, 0.5) is 13.2 Å². The summed E-state index contributed by atoms with van der Waals surface area (Å²) in [5.74, 6) is 4.12. The lowest BCUT2D eigenvalue weighted by Crippen LogP contribution is -2.55. The Hall–Kier alpha value is -0.510. The second kappa shape index (κ2) is 8.31. The molecule has 8 atom stereocenters. The minimum atomic E-state index is -4.54. The molecule has 0 spiro atoms. The van der Waals surface area contributed by atoms with Crippen LogP contribution in [0.3, 0.4) is 0 Å². The second-order valence-corrected chi connectivity index (χ2v) is 13.0. The first-order valence-corrected chi connectivity index (χ1v) is 13.3. The lowest BCUT2D eigenvalue weighted by atomic mass is 9.46. The van der Waals surface area contributed by atoms with Gasteiger partial charge in [-0.05, 0) is 91.3 Å². The highest BCUT2D eigenvalue weighted by molar-refractivity contribution is 5.28. The highest BCUT2D eigenvalue weighted by atomic mass is 19.4. The SMILES string of the molecule is CC(C)CCC[C@@H](C)[C@H]1CC[C@H]2[C@@H]3CC=C4CC(O)(C(F)(F)F)CC[C@]4(C)[C@H]3CC[C@]12C. The van der Waals surface area contributed by atoms with Crippen LogP contribution in [-0.4, -0.2) is 16.9 Å². The molecule has 1 unspecified atom stereocenters. The number of fused-ring (bicyclic) bond motifs is 5. The third-order valence-electron chi connectivity index (χ3n) is 10.9. The molecule has 0 bridgehead atoms. The molecule has 3 saturated carbocycles. The standard InChI is InChI=1S/C28H45F3O/c1-18(2)7-6-8-19(3)22-11-12-23-21-10-9-20-17-27(32,28(29,30)31)16-15-25(20,4)24(21)13-14-26(22,23)5/h9,18-19,21-24,32H,6-8,10-17H2,1-5H3/t19-,21+,22-,23+,24+,25+,26-,27?/m1/s1. The van der Waals surface area contributed by atoms with Gasteiger partial charge in [0.05, 0.1) is 0 Å². The predicted molar refractivity (Wildman–Crippen MR) is 124 cm³/mol. The number of hydrogen-bond acceptors (Lipinski definition) is 1. The number of allylic oxidation sites excluding steroid dienone is 1. The van der Waals surface area contributed by atoms with E-state index in [0.29, 0.717) is 29.6 Å². The summed E-state index contributed by atoms with van der Waals surface area (Å²) in [5, 5.41) is 10.4. The molecule has 1 N–H and O–H groups in total. The maximum Gasteiger partial charge on any atom is 0.417 e. The Bertz CT molecular complexity index is 727. The zero-order valence-corrected chi connectivity index (χ0v) is 20.9. The van der Waals surface area contributed by atoms with Gasteiger partial charge in [0.15, 0.2) is 5.60 Å². The minimum Gasteiger partial charge on any atom is -0.380 e. The van der Waals surface area contributed by atoms with Crippen LogP contribution in [0.25, 0.3) is 0 Å². The second-order valence-electron chi connectivity index (χ2n) is 13.0. The molecule has 0 heterocycles. The van der Waals surface area contributed by atoms with E-state index in [0.717, 1.165) is 36.2 Å². The Morgan fingerprint density at radius 2 is 1.72 bits per heavy atom. The van der Waals surface area contributed by atoms with Gasteiger partial charge in [-0.25, -0.2) is 0 Å². The fourth-order valence-electron chi connectivity index (χ4n) is 8.91. The highest BCUT2D eigenvalue weighted by Gasteiger charge is 2.63. The van der Waals surface area contributed by atoms with Crippen LogP contribution in [0.15, 0.2) is 11.6 Å². The molecule has 0 aromatic carbocycles. The van der Waals surface area contributed by atoms with Gasteiger partial charge in [0.2, 0.25) is 0 Å². The van der Waals surface area contributed by atoms with Crippen molar-refractivity contribution in [3.63, 3.8) is 0 Å². The topological polar surface area (TPSA) is 20.2 Å². The fourth-order valence-corrected chi connectivity index (χ4v) is 8.91. The molecule has 0 aromatic heterocycles. The molecule has 0 aliphatic heterocycles. The lowest BCUT2D eigenvalue weighted by Gasteiger charge is -2.59. The molecular weight excluding hydrogens is 409 g/mol. The number of rotatable bonds is 5. The van der Waals surface area contributed by atoms with Gasteiger partial charge in [-0.2, -0.15) is 13.2 Å². The molecule has 4 aliphatic rings. The molecular formula is C28H45F3O. The average Bonchev–Trinajstić information content (AvgIpc) is 3.04. The summed E-state index contributed by atoms with van der Waals surface area (Å²) in [7, 11) is 0. The molecule has 1 nitrogen and oxygen atoms in total. The monoisotopic (exact) mass is 454 g/mol. The summed E-state index contributed by atoms with van der Waals surface area (Å²) in [6.45, 7) is 11.9.